The molecule has 0 aliphatic carbocycles. The van der Waals surface area contributed by atoms with Crippen molar-refractivity contribution in [2.75, 3.05) is 19.6 Å². The van der Waals surface area contributed by atoms with Crippen molar-refractivity contribution in [3.05, 3.63) is 57.8 Å². The van der Waals surface area contributed by atoms with E-state index in [2.05, 4.69) is 10.6 Å². The number of halogens is 3. The summed E-state index contributed by atoms with van der Waals surface area (Å²) in [6.45, 7) is 2.42. The normalized spacial score (nSPS) is 15.2. The molecule has 1 fully saturated rings. The Labute approximate surface area is 156 Å². The molecule has 25 heavy (non-hydrogen) atoms. The van der Waals surface area contributed by atoms with Crippen LogP contribution in [0.25, 0.3) is 11.1 Å². The number of rotatable bonds is 4. The van der Waals surface area contributed by atoms with Gasteiger partial charge in [0, 0.05) is 11.6 Å². The van der Waals surface area contributed by atoms with E-state index in [0.29, 0.717) is 28.6 Å². The van der Waals surface area contributed by atoms with Crippen molar-refractivity contribution >= 4 is 29.1 Å². The van der Waals surface area contributed by atoms with Crippen molar-refractivity contribution in [3.63, 3.8) is 0 Å². The molecule has 6 heteroatoms. The van der Waals surface area contributed by atoms with E-state index in [4.69, 9.17) is 23.2 Å². The zero-order valence-corrected chi connectivity index (χ0v) is 15.1. The van der Waals surface area contributed by atoms with Gasteiger partial charge >= 0.3 is 0 Å². The van der Waals surface area contributed by atoms with Gasteiger partial charge in [0.1, 0.15) is 0 Å². The van der Waals surface area contributed by atoms with Gasteiger partial charge in [-0.05, 0) is 61.2 Å². The molecule has 0 radical (unpaired) electrons. The van der Waals surface area contributed by atoms with E-state index in [1.54, 1.807) is 30.3 Å². The van der Waals surface area contributed by atoms with Crippen LogP contribution in [-0.2, 0) is 0 Å². The molecule has 2 aromatic rings. The zero-order chi connectivity index (χ0) is 17.8. The van der Waals surface area contributed by atoms with E-state index in [1.165, 1.54) is 6.07 Å². The summed E-state index contributed by atoms with van der Waals surface area (Å²) in [6, 6.07) is 10.1. The SMILES string of the molecule is O=C(NCC1CCNCC1)c1c(-c2cccc(Cl)c2)ccc(Cl)c1F. The number of hydrogen-bond donors (Lipinski definition) is 2. The Balaban J connectivity index is 1.88. The Bertz CT molecular complexity index is 776. The first kappa shape index (κ1) is 18.2. The molecule has 1 aliphatic heterocycles. The fourth-order valence-electron chi connectivity index (χ4n) is 3.08. The number of carbonyl (C=O) groups excluding carboxylic acids is 1. The van der Waals surface area contributed by atoms with Crippen molar-refractivity contribution in [2.45, 2.75) is 12.8 Å². The van der Waals surface area contributed by atoms with Gasteiger partial charge in [0.05, 0.1) is 10.6 Å². The molecule has 132 valence electrons. The van der Waals surface area contributed by atoms with Crippen molar-refractivity contribution < 1.29 is 9.18 Å². The van der Waals surface area contributed by atoms with Crippen LogP contribution >= 0.6 is 23.2 Å². The molecule has 1 amide bonds. The van der Waals surface area contributed by atoms with Gasteiger partial charge in [-0.2, -0.15) is 0 Å². The van der Waals surface area contributed by atoms with E-state index < -0.39 is 11.7 Å². The summed E-state index contributed by atoms with van der Waals surface area (Å²) in [7, 11) is 0. The Morgan fingerprint density at radius 3 is 2.68 bits per heavy atom. The lowest BCUT2D eigenvalue weighted by molar-refractivity contribution is 0.0941. The second-order valence-corrected chi connectivity index (χ2v) is 7.04. The monoisotopic (exact) mass is 380 g/mol. The summed E-state index contributed by atoms with van der Waals surface area (Å²) in [6.07, 6.45) is 2.00. The minimum absolute atomic E-state index is 0.0382. The fraction of sp³-hybridized carbons (Fsp3) is 0.316. The summed E-state index contributed by atoms with van der Waals surface area (Å²) >= 11 is 11.9. The number of hydrogen-bond acceptors (Lipinski definition) is 2. The Morgan fingerprint density at radius 1 is 1.20 bits per heavy atom. The van der Waals surface area contributed by atoms with Crippen LogP contribution in [0.5, 0.6) is 0 Å². The molecule has 2 aromatic carbocycles. The highest BCUT2D eigenvalue weighted by molar-refractivity contribution is 6.31. The Morgan fingerprint density at radius 2 is 1.96 bits per heavy atom. The third-order valence-corrected chi connectivity index (χ3v) is 4.99. The maximum Gasteiger partial charge on any atom is 0.254 e. The van der Waals surface area contributed by atoms with E-state index in [0.717, 1.165) is 25.9 Å². The molecule has 1 heterocycles. The second kappa shape index (κ2) is 8.17. The van der Waals surface area contributed by atoms with Crippen molar-refractivity contribution in [1.82, 2.24) is 10.6 Å². The average Bonchev–Trinajstić information content (AvgIpc) is 2.62. The van der Waals surface area contributed by atoms with Gasteiger partial charge < -0.3 is 10.6 Å². The van der Waals surface area contributed by atoms with Gasteiger partial charge in [0.15, 0.2) is 5.82 Å². The highest BCUT2D eigenvalue weighted by Crippen LogP contribution is 2.31. The number of benzene rings is 2. The van der Waals surface area contributed by atoms with E-state index >= 15 is 0 Å². The summed E-state index contributed by atoms with van der Waals surface area (Å²) in [5, 5.41) is 6.60. The maximum absolute atomic E-state index is 14.6. The van der Waals surface area contributed by atoms with Crippen LogP contribution in [0.4, 0.5) is 4.39 Å². The molecule has 0 bridgehead atoms. The fourth-order valence-corrected chi connectivity index (χ4v) is 3.43. The van der Waals surface area contributed by atoms with Crippen molar-refractivity contribution in [3.8, 4) is 11.1 Å². The van der Waals surface area contributed by atoms with Crippen LogP contribution in [0, 0.1) is 11.7 Å². The molecule has 0 unspecified atom stereocenters. The Kier molecular flexibility index (Phi) is 5.94. The molecular formula is C19H19Cl2FN2O. The molecule has 3 rings (SSSR count). The lowest BCUT2D eigenvalue weighted by Gasteiger charge is -2.23. The van der Waals surface area contributed by atoms with Gasteiger partial charge in [-0.1, -0.05) is 41.4 Å². The summed E-state index contributed by atoms with van der Waals surface area (Å²) < 4.78 is 14.6. The second-order valence-electron chi connectivity index (χ2n) is 6.20. The number of nitrogens with one attached hydrogen (secondary N) is 2. The molecule has 0 spiro atoms. The van der Waals surface area contributed by atoms with E-state index in [9.17, 15) is 9.18 Å². The first-order valence-electron chi connectivity index (χ1n) is 8.29. The maximum atomic E-state index is 14.6. The predicted octanol–water partition coefficient (Wildman–Crippen LogP) is 4.53. The number of amides is 1. The highest BCUT2D eigenvalue weighted by Gasteiger charge is 2.22. The molecule has 0 saturated carbocycles. The third kappa shape index (κ3) is 4.32. The van der Waals surface area contributed by atoms with Gasteiger partial charge in [-0.15, -0.1) is 0 Å². The Hall–Kier alpha value is -1.62. The van der Waals surface area contributed by atoms with Crippen molar-refractivity contribution in [1.29, 1.82) is 0 Å². The smallest absolute Gasteiger partial charge is 0.254 e. The van der Waals surface area contributed by atoms with Crippen LogP contribution in [0.1, 0.15) is 23.2 Å². The molecule has 0 aromatic heterocycles. The lowest BCUT2D eigenvalue weighted by atomic mass is 9.96. The summed E-state index contributed by atoms with van der Waals surface area (Å²) in [5.41, 5.74) is 1.12. The van der Waals surface area contributed by atoms with Gasteiger partial charge in [0.2, 0.25) is 0 Å². The standard InChI is InChI=1S/C19H19Cl2FN2O/c20-14-3-1-2-13(10-14)15-4-5-16(21)18(22)17(15)19(25)24-11-12-6-8-23-9-7-12/h1-5,10,12,23H,6-9,11H2,(H,24,25). The largest absolute Gasteiger partial charge is 0.352 e. The number of piperidine rings is 1. The molecule has 3 nitrogen and oxygen atoms in total. The first-order chi connectivity index (χ1) is 12.1. The van der Waals surface area contributed by atoms with Crippen LogP contribution in [0.3, 0.4) is 0 Å². The molecular weight excluding hydrogens is 362 g/mol. The predicted molar refractivity (Wildman–Crippen MR) is 99.8 cm³/mol. The minimum atomic E-state index is -0.707. The molecule has 1 aliphatic rings. The minimum Gasteiger partial charge on any atom is -0.352 e. The van der Waals surface area contributed by atoms with Crippen molar-refractivity contribution in [2.24, 2.45) is 5.92 Å². The first-order valence-corrected chi connectivity index (χ1v) is 9.04. The molecule has 0 atom stereocenters. The topological polar surface area (TPSA) is 41.1 Å². The van der Waals surface area contributed by atoms with Crippen LogP contribution in [0.15, 0.2) is 36.4 Å². The van der Waals surface area contributed by atoms with Crippen LogP contribution < -0.4 is 10.6 Å². The van der Waals surface area contributed by atoms with Gasteiger partial charge in [0.25, 0.3) is 5.91 Å². The zero-order valence-electron chi connectivity index (χ0n) is 13.6. The van der Waals surface area contributed by atoms with E-state index in [1.807, 2.05) is 0 Å². The molecule has 2 N–H and O–H groups in total. The van der Waals surface area contributed by atoms with Gasteiger partial charge in [-0.25, -0.2) is 4.39 Å². The molecule has 1 saturated heterocycles. The van der Waals surface area contributed by atoms with Crippen LogP contribution in [0.2, 0.25) is 10.0 Å². The van der Waals surface area contributed by atoms with E-state index in [-0.39, 0.29) is 10.6 Å². The lowest BCUT2D eigenvalue weighted by Crippen LogP contribution is -2.36. The quantitative estimate of drug-likeness (QED) is 0.817. The van der Waals surface area contributed by atoms with Crippen LogP contribution in [-0.4, -0.2) is 25.5 Å². The summed E-state index contributed by atoms with van der Waals surface area (Å²) in [4.78, 5) is 12.7. The average molecular weight is 381 g/mol. The summed E-state index contributed by atoms with van der Waals surface area (Å²) in [5.74, 6) is -0.752. The highest BCUT2D eigenvalue weighted by atomic mass is 35.5. The van der Waals surface area contributed by atoms with Gasteiger partial charge in [-0.3, -0.25) is 4.79 Å². The third-order valence-electron chi connectivity index (χ3n) is 4.47. The number of carbonyl (C=O) groups is 1.